The molecule has 6 nitrogen and oxygen atoms in total. The van der Waals surface area contributed by atoms with Crippen molar-refractivity contribution in [1.82, 2.24) is 9.55 Å². The Balaban J connectivity index is 1.96. The van der Waals surface area contributed by atoms with E-state index in [1.807, 2.05) is 0 Å². The van der Waals surface area contributed by atoms with Gasteiger partial charge in [0.05, 0.1) is 12.2 Å². The molecule has 3 rings (SSSR count). The van der Waals surface area contributed by atoms with Crippen molar-refractivity contribution in [2.75, 3.05) is 5.32 Å². The lowest BCUT2D eigenvalue weighted by molar-refractivity contribution is 0.102. The molecule has 0 unspecified atom stereocenters. The van der Waals surface area contributed by atoms with Crippen molar-refractivity contribution in [3.8, 4) is 0 Å². The molecule has 0 saturated heterocycles. The first-order valence-corrected chi connectivity index (χ1v) is 7.59. The van der Waals surface area contributed by atoms with E-state index in [1.165, 1.54) is 36.4 Å². The molecule has 26 heavy (non-hydrogen) atoms. The zero-order valence-electron chi connectivity index (χ0n) is 13.3. The van der Waals surface area contributed by atoms with Crippen molar-refractivity contribution in [3.63, 3.8) is 0 Å². The summed E-state index contributed by atoms with van der Waals surface area (Å²) < 4.78 is 28.1. The molecule has 8 heteroatoms. The molecule has 1 amide bonds. The zero-order valence-corrected chi connectivity index (χ0v) is 13.3. The molecule has 0 aliphatic rings. The van der Waals surface area contributed by atoms with E-state index < -0.39 is 34.4 Å². The number of benzene rings is 2. The van der Waals surface area contributed by atoms with E-state index >= 15 is 0 Å². The predicted octanol–water partition coefficient (Wildman–Crippen LogP) is 2.12. The van der Waals surface area contributed by atoms with Gasteiger partial charge < -0.3 is 10.3 Å². The molecule has 132 valence electrons. The van der Waals surface area contributed by atoms with Crippen LogP contribution in [-0.4, -0.2) is 15.5 Å². The molecule has 0 saturated carbocycles. The van der Waals surface area contributed by atoms with Crippen LogP contribution in [0.15, 0.2) is 64.3 Å². The quantitative estimate of drug-likeness (QED) is 0.750. The SMILES string of the molecule is O=C(Nc1ccccc1F)c1c[nH]c(=O)n(Cc2ccccc2F)c1=O. The highest BCUT2D eigenvalue weighted by molar-refractivity contribution is 6.03. The van der Waals surface area contributed by atoms with Crippen molar-refractivity contribution >= 4 is 11.6 Å². The zero-order chi connectivity index (χ0) is 18.7. The summed E-state index contributed by atoms with van der Waals surface area (Å²) in [5, 5.41) is 2.27. The van der Waals surface area contributed by atoms with Crippen LogP contribution in [-0.2, 0) is 6.54 Å². The minimum atomic E-state index is -0.911. The van der Waals surface area contributed by atoms with Gasteiger partial charge in [0.1, 0.15) is 17.2 Å². The highest BCUT2D eigenvalue weighted by atomic mass is 19.1. The van der Waals surface area contributed by atoms with Gasteiger partial charge in [0, 0.05) is 11.8 Å². The second-order valence-electron chi connectivity index (χ2n) is 5.42. The van der Waals surface area contributed by atoms with Gasteiger partial charge in [0.25, 0.3) is 11.5 Å². The summed E-state index contributed by atoms with van der Waals surface area (Å²) in [5.41, 5.74) is -2.09. The molecule has 0 spiro atoms. The largest absolute Gasteiger partial charge is 0.328 e. The molecule has 2 aromatic carbocycles. The molecule has 1 aromatic heterocycles. The Bertz CT molecular complexity index is 1090. The number of amides is 1. The maximum Gasteiger partial charge on any atom is 0.328 e. The lowest BCUT2D eigenvalue weighted by Crippen LogP contribution is -2.39. The summed E-state index contributed by atoms with van der Waals surface area (Å²) >= 11 is 0. The molecule has 1 heterocycles. The average Bonchev–Trinajstić information content (AvgIpc) is 2.62. The maximum atomic E-state index is 13.8. The molecular weight excluding hydrogens is 344 g/mol. The van der Waals surface area contributed by atoms with Crippen LogP contribution in [0.2, 0.25) is 0 Å². The van der Waals surface area contributed by atoms with Gasteiger partial charge in [-0.05, 0) is 18.2 Å². The van der Waals surface area contributed by atoms with E-state index in [1.54, 1.807) is 6.07 Å². The van der Waals surface area contributed by atoms with Crippen molar-refractivity contribution in [3.05, 3.63) is 98.3 Å². The molecule has 0 aliphatic carbocycles. The normalized spacial score (nSPS) is 10.5. The number of aromatic nitrogens is 2. The van der Waals surface area contributed by atoms with Gasteiger partial charge in [0.15, 0.2) is 0 Å². The highest BCUT2D eigenvalue weighted by Gasteiger charge is 2.17. The van der Waals surface area contributed by atoms with Crippen LogP contribution < -0.4 is 16.6 Å². The first-order valence-electron chi connectivity index (χ1n) is 7.59. The molecule has 0 radical (unpaired) electrons. The lowest BCUT2D eigenvalue weighted by Gasteiger charge is -2.09. The van der Waals surface area contributed by atoms with Crippen LogP contribution in [0.4, 0.5) is 14.5 Å². The molecule has 2 N–H and O–H groups in total. The molecular formula is C18H13F2N3O3. The Morgan fingerprint density at radius 3 is 2.35 bits per heavy atom. The third-order valence-electron chi connectivity index (χ3n) is 3.71. The number of nitrogens with zero attached hydrogens (tertiary/aromatic N) is 1. The van der Waals surface area contributed by atoms with E-state index in [4.69, 9.17) is 0 Å². The number of carbonyl (C=O) groups excluding carboxylic acids is 1. The number of hydrogen-bond donors (Lipinski definition) is 2. The molecule has 0 bridgehead atoms. The number of nitrogens with one attached hydrogen (secondary N) is 2. The summed E-state index contributed by atoms with van der Waals surface area (Å²) in [6.07, 6.45) is 0.943. The van der Waals surface area contributed by atoms with Crippen molar-refractivity contribution in [2.24, 2.45) is 0 Å². The fourth-order valence-corrected chi connectivity index (χ4v) is 2.37. The minimum absolute atomic E-state index is 0.108. The van der Waals surface area contributed by atoms with E-state index in [0.29, 0.717) is 4.57 Å². The number of carbonyl (C=O) groups is 1. The highest BCUT2D eigenvalue weighted by Crippen LogP contribution is 2.13. The fraction of sp³-hybridized carbons (Fsp3) is 0.0556. The standard InChI is InChI=1S/C18H13F2N3O3/c19-13-6-2-1-5-11(13)10-23-17(25)12(9-21-18(23)26)16(24)22-15-8-4-3-7-14(15)20/h1-9H,10H2,(H,21,26)(H,22,24). The Kier molecular flexibility index (Phi) is 4.74. The Morgan fingerprint density at radius 1 is 1.00 bits per heavy atom. The Labute approximate surface area is 145 Å². The molecule has 0 aliphatic heterocycles. The number of aromatic amines is 1. The van der Waals surface area contributed by atoms with Gasteiger partial charge >= 0.3 is 5.69 Å². The second-order valence-corrected chi connectivity index (χ2v) is 5.42. The number of anilines is 1. The van der Waals surface area contributed by atoms with Gasteiger partial charge in [-0.3, -0.25) is 14.2 Å². The van der Waals surface area contributed by atoms with Crippen LogP contribution in [0.3, 0.4) is 0 Å². The third-order valence-corrected chi connectivity index (χ3v) is 3.71. The smallest absolute Gasteiger partial charge is 0.319 e. The molecule has 3 aromatic rings. The summed E-state index contributed by atoms with van der Waals surface area (Å²) in [6.45, 7) is -0.346. The predicted molar refractivity (Wildman–Crippen MR) is 91.2 cm³/mol. The summed E-state index contributed by atoms with van der Waals surface area (Å²) in [7, 11) is 0. The number of halogens is 2. The first kappa shape index (κ1) is 17.3. The Morgan fingerprint density at radius 2 is 1.65 bits per heavy atom. The van der Waals surface area contributed by atoms with Crippen LogP contribution in [0.25, 0.3) is 0 Å². The van der Waals surface area contributed by atoms with Crippen LogP contribution in [0, 0.1) is 11.6 Å². The average molecular weight is 357 g/mol. The van der Waals surface area contributed by atoms with Gasteiger partial charge in [-0.15, -0.1) is 0 Å². The molecule has 0 fully saturated rings. The minimum Gasteiger partial charge on any atom is -0.319 e. The number of rotatable bonds is 4. The second kappa shape index (κ2) is 7.14. The van der Waals surface area contributed by atoms with Gasteiger partial charge in [0.2, 0.25) is 0 Å². The third kappa shape index (κ3) is 3.44. The summed E-state index contributed by atoms with van der Waals surface area (Å²) in [5.74, 6) is -2.14. The summed E-state index contributed by atoms with van der Waals surface area (Å²) in [6, 6.07) is 11.1. The fourth-order valence-electron chi connectivity index (χ4n) is 2.37. The van der Waals surface area contributed by atoms with Gasteiger partial charge in [-0.25, -0.2) is 13.6 Å². The topological polar surface area (TPSA) is 84.0 Å². The van der Waals surface area contributed by atoms with Crippen LogP contribution in [0.5, 0.6) is 0 Å². The van der Waals surface area contributed by atoms with Crippen molar-refractivity contribution < 1.29 is 13.6 Å². The van der Waals surface area contributed by atoms with Gasteiger partial charge in [-0.2, -0.15) is 0 Å². The maximum absolute atomic E-state index is 13.8. The Hall–Kier alpha value is -3.55. The monoisotopic (exact) mass is 357 g/mol. The van der Waals surface area contributed by atoms with Gasteiger partial charge in [-0.1, -0.05) is 30.3 Å². The summed E-state index contributed by atoms with van der Waals surface area (Å²) in [4.78, 5) is 39.0. The number of hydrogen-bond acceptors (Lipinski definition) is 3. The number of para-hydroxylation sites is 1. The lowest BCUT2D eigenvalue weighted by atomic mass is 10.2. The molecule has 0 atom stereocenters. The number of H-pyrrole nitrogens is 1. The first-order chi connectivity index (χ1) is 12.5. The van der Waals surface area contributed by atoms with Crippen molar-refractivity contribution in [1.29, 1.82) is 0 Å². The van der Waals surface area contributed by atoms with E-state index in [9.17, 15) is 23.2 Å². The van der Waals surface area contributed by atoms with E-state index in [2.05, 4.69) is 10.3 Å². The van der Waals surface area contributed by atoms with Crippen molar-refractivity contribution in [2.45, 2.75) is 6.54 Å². The van der Waals surface area contributed by atoms with Crippen LogP contribution in [0.1, 0.15) is 15.9 Å². The van der Waals surface area contributed by atoms with E-state index in [0.717, 1.165) is 12.3 Å². The van der Waals surface area contributed by atoms with E-state index in [-0.39, 0.29) is 17.8 Å². The van der Waals surface area contributed by atoms with Crippen LogP contribution >= 0.6 is 0 Å².